The molecule has 3 rings (SSSR count). The second-order valence-electron chi connectivity index (χ2n) is 7.85. The molecule has 32 heavy (non-hydrogen) atoms. The molecule has 1 aliphatic heterocycles. The van der Waals surface area contributed by atoms with E-state index in [4.69, 9.17) is 9.47 Å². The Morgan fingerprint density at radius 1 is 1.09 bits per heavy atom. The van der Waals surface area contributed by atoms with Crippen LogP contribution < -0.4 is 10.1 Å². The lowest BCUT2D eigenvalue weighted by Crippen LogP contribution is -2.47. The molecule has 0 saturated carbocycles. The Labute approximate surface area is 209 Å². The molecule has 0 bridgehead atoms. The fraction of sp³-hybridized carbons (Fsp3) is 0.480. The van der Waals surface area contributed by atoms with E-state index in [1.807, 2.05) is 67.6 Å². The van der Waals surface area contributed by atoms with Crippen molar-refractivity contribution in [2.75, 3.05) is 32.8 Å². The van der Waals surface area contributed by atoms with Gasteiger partial charge in [-0.25, -0.2) is 0 Å². The molecule has 7 heteroatoms. The molecule has 0 radical (unpaired) electrons. The quantitative estimate of drug-likeness (QED) is 0.276. The minimum Gasteiger partial charge on any atom is -0.490 e. The largest absolute Gasteiger partial charge is 0.490 e. The third-order valence-corrected chi connectivity index (χ3v) is 5.38. The number of benzene rings is 2. The van der Waals surface area contributed by atoms with Crippen LogP contribution in [0.3, 0.4) is 0 Å². The first-order valence-corrected chi connectivity index (χ1v) is 11.2. The highest BCUT2D eigenvalue weighted by molar-refractivity contribution is 14.0. The Morgan fingerprint density at radius 3 is 2.34 bits per heavy atom. The number of aliphatic hydroxyl groups is 1. The molecule has 2 aromatic carbocycles. The number of hydrogen-bond donors (Lipinski definition) is 2. The van der Waals surface area contributed by atoms with E-state index in [0.717, 1.165) is 49.7 Å². The zero-order chi connectivity index (χ0) is 21.9. The van der Waals surface area contributed by atoms with Crippen molar-refractivity contribution in [3.8, 4) is 5.75 Å². The average molecular weight is 553 g/mol. The molecule has 2 unspecified atom stereocenters. The van der Waals surface area contributed by atoms with Crippen molar-refractivity contribution >= 4 is 29.9 Å². The molecule has 2 aromatic rings. The van der Waals surface area contributed by atoms with Crippen molar-refractivity contribution in [1.82, 2.24) is 10.2 Å². The van der Waals surface area contributed by atoms with Crippen LogP contribution in [0, 0.1) is 0 Å². The molecule has 0 aromatic heterocycles. The van der Waals surface area contributed by atoms with Gasteiger partial charge >= 0.3 is 0 Å². The molecule has 0 aliphatic carbocycles. The normalized spacial score (nSPS) is 16.7. The fourth-order valence-corrected chi connectivity index (χ4v) is 3.62. The standard InChI is InChI=1S/C25H35N3O3.HI/c1-3-26-25(27-18-22(29)19-30-20(2)21-10-6-4-7-11-21)28-16-14-24(15-17-28)31-23-12-8-5-9-13-23;/h4-13,20,22,24,29H,3,14-19H2,1-2H3,(H,26,27);1H. The lowest BCUT2D eigenvalue weighted by atomic mass is 10.1. The molecule has 1 aliphatic rings. The second kappa shape index (κ2) is 14.3. The molecule has 2 N–H and O–H groups in total. The summed E-state index contributed by atoms with van der Waals surface area (Å²) >= 11 is 0. The smallest absolute Gasteiger partial charge is 0.194 e. The highest BCUT2D eigenvalue weighted by Gasteiger charge is 2.23. The Balaban J connectivity index is 0.00000363. The maximum atomic E-state index is 10.4. The lowest BCUT2D eigenvalue weighted by molar-refractivity contribution is 0.00102. The van der Waals surface area contributed by atoms with Crippen LogP contribution >= 0.6 is 24.0 Å². The van der Waals surface area contributed by atoms with E-state index < -0.39 is 6.10 Å². The fourth-order valence-electron chi connectivity index (χ4n) is 3.62. The van der Waals surface area contributed by atoms with Gasteiger partial charge in [0.15, 0.2) is 5.96 Å². The van der Waals surface area contributed by atoms with E-state index >= 15 is 0 Å². The molecular formula is C25H36IN3O3. The zero-order valence-electron chi connectivity index (χ0n) is 19.0. The summed E-state index contributed by atoms with van der Waals surface area (Å²) in [5.74, 6) is 1.77. The van der Waals surface area contributed by atoms with E-state index in [1.165, 1.54) is 0 Å². The van der Waals surface area contributed by atoms with Gasteiger partial charge in [-0.15, -0.1) is 24.0 Å². The van der Waals surface area contributed by atoms with Crippen molar-refractivity contribution in [1.29, 1.82) is 0 Å². The number of hydrogen-bond acceptors (Lipinski definition) is 4. The van der Waals surface area contributed by atoms with Crippen molar-refractivity contribution in [3.63, 3.8) is 0 Å². The van der Waals surface area contributed by atoms with Crippen LogP contribution in [0.15, 0.2) is 65.7 Å². The summed E-state index contributed by atoms with van der Waals surface area (Å²) in [6, 6.07) is 20.0. The molecule has 0 amide bonds. The van der Waals surface area contributed by atoms with Gasteiger partial charge in [0.25, 0.3) is 0 Å². The van der Waals surface area contributed by atoms with Crippen LogP contribution in [0.4, 0.5) is 0 Å². The van der Waals surface area contributed by atoms with Gasteiger partial charge in [0.05, 0.1) is 25.4 Å². The van der Waals surface area contributed by atoms with Gasteiger partial charge in [0, 0.05) is 32.5 Å². The van der Waals surface area contributed by atoms with E-state index in [9.17, 15) is 5.11 Å². The Hall–Kier alpha value is -1.84. The summed E-state index contributed by atoms with van der Waals surface area (Å²) in [6.45, 7) is 7.16. The molecule has 1 saturated heterocycles. The van der Waals surface area contributed by atoms with E-state index in [0.29, 0.717) is 6.54 Å². The zero-order valence-corrected chi connectivity index (χ0v) is 21.4. The minimum absolute atomic E-state index is 0. The predicted molar refractivity (Wildman–Crippen MR) is 140 cm³/mol. The first kappa shape index (κ1) is 26.4. The van der Waals surface area contributed by atoms with Gasteiger partial charge in [0.1, 0.15) is 11.9 Å². The van der Waals surface area contributed by atoms with Crippen LogP contribution in [0.25, 0.3) is 0 Å². The number of likely N-dealkylation sites (tertiary alicyclic amines) is 1. The number of nitrogens with zero attached hydrogens (tertiary/aromatic N) is 2. The highest BCUT2D eigenvalue weighted by atomic mass is 127. The maximum absolute atomic E-state index is 10.4. The van der Waals surface area contributed by atoms with Crippen molar-refractivity contribution in [2.24, 2.45) is 4.99 Å². The average Bonchev–Trinajstić information content (AvgIpc) is 2.82. The van der Waals surface area contributed by atoms with Gasteiger partial charge in [-0.1, -0.05) is 48.5 Å². The van der Waals surface area contributed by atoms with E-state index in [2.05, 4.69) is 22.1 Å². The number of aliphatic hydroxyl groups excluding tert-OH is 1. The molecule has 1 fully saturated rings. The van der Waals surface area contributed by atoms with Gasteiger partial charge in [0.2, 0.25) is 0 Å². The molecular weight excluding hydrogens is 517 g/mol. The van der Waals surface area contributed by atoms with Crippen LogP contribution in [0.5, 0.6) is 5.75 Å². The SMILES string of the molecule is CCNC(=NCC(O)COC(C)c1ccccc1)N1CCC(Oc2ccccc2)CC1.I. The molecule has 0 spiro atoms. The Morgan fingerprint density at radius 2 is 1.72 bits per heavy atom. The Kier molecular flexibility index (Phi) is 11.8. The van der Waals surface area contributed by atoms with Crippen molar-refractivity contribution < 1.29 is 14.6 Å². The molecule has 1 heterocycles. The number of halogens is 1. The maximum Gasteiger partial charge on any atom is 0.194 e. The number of nitrogens with one attached hydrogen (secondary N) is 1. The van der Waals surface area contributed by atoms with Crippen molar-refractivity contribution in [2.45, 2.75) is 45.0 Å². The number of aliphatic imine (C=N–C) groups is 1. The summed E-state index contributed by atoms with van der Waals surface area (Å²) in [6.07, 6.45) is 1.41. The summed E-state index contributed by atoms with van der Waals surface area (Å²) in [5.41, 5.74) is 1.10. The highest BCUT2D eigenvalue weighted by Crippen LogP contribution is 2.19. The summed E-state index contributed by atoms with van der Waals surface area (Å²) in [7, 11) is 0. The number of para-hydroxylation sites is 1. The van der Waals surface area contributed by atoms with Crippen LogP contribution in [-0.2, 0) is 4.74 Å². The van der Waals surface area contributed by atoms with E-state index in [-0.39, 0.29) is 42.8 Å². The van der Waals surface area contributed by atoms with Crippen LogP contribution in [0.1, 0.15) is 38.4 Å². The van der Waals surface area contributed by atoms with Gasteiger partial charge < -0.3 is 24.8 Å². The van der Waals surface area contributed by atoms with Crippen LogP contribution in [0.2, 0.25) is 0 Å². The summed E-state index contributed by atoms with van der Waals surface area (Å²) < 4.78 is 11.9. The topological polar surface area (TPSA) is 66.3 Å². The third-order valence-electron chi connectivity index (χ3n) is 5.38. The third kappa shape index (κ3) is 8.60. The van der Waals surface area contributed by atoms with Gasteiger partial charge in [-0.2, -0.15) is 0 Å². The second-order valence-corrected chi connectivity index (χ2v) is 7.85. The Bertz CT molecular complexity index is 784. The summed E-state index contributed by atoms with van der Waals surface area (Å²) in [4.78, 5) is 6.90. The van der Waals surface area contributed by atoms with E-state index in [1.54, 1.807) is 0 Å². The van der Waals surface area contributed by atoms with Crippen molar-refractivity contribution in [3.05, 3.63) is 66.2 Å². The molecule has 6 nitrogen and oxygen atoms in total. The minimum atomic E-state index is -0.640. The predicted octanol–water partition coefficient (Wildman–Crippen LogP) is 4.25. The summed E-state index contributed by atoms with van der Waals surface area (Å²) in [5, 5.41) is 13.7. The lowest BCUT2D eigenvalue weighted by Gasteiger charge is -2.34. The number of guanidine groups is 1. The molecule has 2 atom stereocenters. The first-order chi connectivity index (χ1) is 15.2. The van der Waals surface area contributed by atoms with Gasteiger partial charge in [-0.3, -0.25) is 4.99 Å². The number of piperidine rings is 1. The first-order valence-electron chi connectivity index (χ1n) is 11.2. The number of ether oxygens (including phenoxy) is 2. The van der Waals surface area contributed by atoms with Gasteiger partial charge in [-0.05, 0) is 31.5 Å². The van der Waals surface area contributed by atoms with Crippen LogP contribution in [-0.4, -0.2) is 61.0 Å². The molecule has 176 valence electrons. The monoisotopic (exact) mass is 553 g/mol. The number of rotatable bonds is 9.